The molecule has 0 unspecified atom stereocenters. The van der Waals surface area contributed by atoms with Crippen molar-refractivity contribution in [1.82, 2.24) is 19.5 Å². The molecule has 0 atom stereocenters. The van der Waals surface area contributed by atoms with Gasteiger partial charge in [-0.25, -0.2) is 15.0 Å². The Labute approximate surface area is 161 Å². The SMILES string of the molecule is Cc1ncc(C(=O)Nc2ccc(Oc3ncccn3)cc2)n1-c1ccccc1. The number of aryl methyl sites for hydroxylation is 1. The van der Waals surface area contributed by atoms with Crippen LogP contribution >= 0.6 is 0 Å². The van der Waals surface area contributed by atoms with Crippen LogP contribution < -0.4 is 10.1 Å². The van der Waals surface area contributed by atoms with Gasteiger partial charge in [-0.2, -0.15) is 0 Å². The molecule has 0 saturated heterocycles. The molecule has 0 radical (unpaired) electrons. The van der Waals surface area contributed by atoms with Gasteiger partial charge in [0.05, 0.1) is 6.20 Å². The van der Waals surface area contributed by atoms with Crippen molar-refractivity contribution in [3.8, 4) is 17.4 Å². The molecule has 0 fully saturated rings. The minimum Gasteiger partial charge on any atom is -0.424 e. The largest absolute Gasteiger partial charge is 0.424 e. The lowest BCUT2D eigenvalue weighted by molar-refractivity contribution is 0.102. The highest BCUT2D eigenvalue weighted by atomic mass is 16.5. The van der Waals surface area contributed by atoms with Crippen molar-refractivity contribution in [2.24, 2.45) is 0 Å². The van der Waals surface area contributed by atoms with Gasteiger partial charge in [0.15, 0.2) is 0 Å². The first-order valence-corrected chi connectivity index (χ1v) is 8.67. The van der Waals surface area contributed by atoms with Crippen LogP contribution in [-0.4, -0.2) is 25.4 Å². The molecule has 0 bridgehead atoms. The molecule has 0 aliphatic carbocycles. The van der Waals surface area contributed by atoms with E-state index < -0.39 is 0 Å². The Bertz CT molecular complexity index is 1080. The van der Waals surface area contributed by atoms with E-state index in [4.69, 9.17) is 4.74 Å². The van der Waals surface area contributed by atoms with Gasteiger partial charge < -0.3 is 10.1 Å². The zero-order valence-electron chi connectivity index (χ0n) is 15.1. The Balaban J connectivity index is 1.50. The van der Waals surface area contributed by atoms with E-state index in [1.54, 1.807) is 48.9 Å². The van der Waals surface area contributed by atoms with Crippen LogP contribution in [0.3, 0.4) is 0 Å². The molecule has 4 rings (SSSR count). The number of benzene rings is 2. The Morgan fingerprint density at radius 3 is 2.36 bits per heavy atom. The number of imidazole rings is 1. The summed E-state index contributed by atoms with van der Waals surface area (Å²) >= 11 is 0. The second-order valence-corrected chi connectivity index (χ2v) is 5.97. The molecule has 2 heterocycles. The highest BCUT2D eigenvalue weighted by molar-refractivity contribution is 6.03. The molecule has 28 heavy (non-hydrogen) atoms. The molecule has 4 aromatic rings. The number of aromatic nitrogens is 4. The van der Waals surface area contributed by atoms with Crippen LogP contribution in [-0.2, 0) is 0 Å². The van der Waals surface area contributed by atoms with Crippen LogP contribution in [0.4, 0.5) is 5.69 Å². The van der Waals surface area contributed by atoms with Crippen molar-refractivity contribution in [2.75, 3.05) is 5.32 Å². The maximum Gasteiger partial charge on any atom is 0.321 e. The Morgan fingerprint density at radius 2 is 1.64 bits per heavy atom. The highest BCUT2D eigenvalue weighted by Gasteiger charge is 2.16. The number of carbonyl (C=O) groups excluding carboxylic acids is 1. The quantitative estimate of drug-likeness (QED) is 0.573. The fourth-order valence-corrected chi connectivity index (χ4v) is 2.75. The third-order valence-electron chi connectivity index (χ3n) is 4.05. The third kappa shape index (κ3) is 3.73. The van der Waals surface area contributed by atoms with Gasteiger partial charge in [0.2, 0.25) is 0 Å². The lowest BCUT2D eigenvalue weighted by Gasteiger charge is -2.11. The Kier molecular flexibility index (Phi) is 4.79. The molecule has 138 valence electrons. The summed E-state index contributed by atoms with van der Waals surface area (Å²) in [5.74, 6) is 1.07. The van der Waals surface area contributed by atoms with E-state index in [1.807, 2.05) is 41.8 Å². The second-order valence-electron chi connectivity index (χ2n) is 5.97. The van der Waals surface area contributed by atoms with E-state index in [0.29, 0.717) is 17.1 Å². The summed E-state index contributed by atoms with van der Waals surface area (Å²) in [7, 11) is 0. The van der Waals surface area contributed by atoms with Crippen molar-refractivity contribution in [2.45, 2.75) is 6.92 Å². The lowest BCUT2D eigenvalue weighted by atomic mass is 10.2. The molecule has 1 amide bonds. The summed E-state index contributed by atoms with van der Waals surface area (Å²) in [6.45, 7) is 1.86. The van der Waals surface area contributed by atoms with Gasteiger partial charge in [0.1, 0.15) is 17.3 Å². The van der Waals surface area contributed by atoms with E-state index in [2.05, 4.69) is 20.3 Å². The average Bonchev–Trinajstić information content (AvgIpc) is 3.12. The zero-order valence-corrected chi connectivity index (χ0v) is 15.1. The van der Waals surface area contributed by atoms with Gasteiger partial charge >= 0.3 is 6.01 Å². The molecular formula is C21H17N5O2. The normalized spacial score (nSPS) is 10.5. The summed E-state index contributed by atoms with van der Waals surface area (Å²) < 4.78 is 7.37. The van der Waals surface area contributed by atoms with Gasteiger partial charge in [-0.1, -0.05) is 18.2 Å². The van der Waals surface area contributed by atoms with Gasteiger partial charge in [0.25, 0.3) is 5.91 Å². The molecule has 2 aromatic heterocycles. The first-order chi connectivity index (χ1) is 13.7. The molecule has 0 spiro atoms. The maximum atomic E-state index is 12.8. The summed E-state index contributed by atoms with van der Waals surface area (Å²) in [6, 6.07) is 18.6. The van der Waals surface area contributed by atoms with E-state index in [9.17, 15) is 4.79 Å². The zero-order chi connectivity index (χ0) is 19.3. The molecule has 0 aliphatic heterocycles. The predicted octanol–water partition coefficient (Wildman–Crippen LogP) is 4.02. The highest BCUT2D eigenvalue weighted by Crippen LogP contribution is 2.21. The van der Waals surface area contributed by atoms with E-state index in [-0.39, 0.29) is 11.9 Å². The van der Waals surface area contributed by atoms with Crippen LogP contribution in [0.15, 0.2) is 79.3 Å². The number of amides is 1. The van der Waals surface area contributed by atoms with Crippen LogP contribution in [0.1, 0.15) is 16.3 Å². The van der Waals surface area contributed by atoms with E-state index >= 15 is 0 Å². The van der Waals surface area contributed by atoms with Gasteiger partial charge in [-0.15, -0.1) is 0 Å². The fourth-order valence-electron chi connectivity index (χ4n) is 2.75. The van der Waals surface area contributed by atoms with Crippen molar-refractivity contribution in [1.29, 1.82) is 0 Å². The standard InChI is InChI=1S/C21H17N5O2/c1-15-24-14-19(26(15)17-6-3-2-4-7-17)20(27)25-16-8-10-18(11-9-16)28-21-22-12-5-13-23-21/h2-14H,1H3,(H,25,27). The fraction of sp³-hybridized carbons (Fsp3) is 0.0476. The second kappa shape index (κ2) is 7.71. The number of hydrogen-bond acceptors (Lipinski definition) is 5. The summed E-state index contributed by atoms with van der Waals surface area (Å²) in [5, 5.41) is 2.89. The molecule has 7 heteroatoms. The number of anilines is 1. The van der Waals surface area contributed by atoms with Gasteiger partial charge in [0, 0.05) is 23.8 Å². The van der Waals surface area contributed by atoms with Gasteiger partial charge in [-0.05, 0) is 49.4 Å². The van der Waals surface area contributed by atoms with Crippen molar-refractivity contribution < 1.29 is 9.53 Å². The molecular weight excluding hydrogens is 354 g/mol. The van der Waals surface area contributed by atoms with Crippen LogP contribution in [0.5, 0.6) is 11.8 Å². The first kappa shape index (κ1) is 17.4. The number of nitrogens with one attached hydrogen (secondary N) is 1. The maximum absolute atomic E-state index is 12.8. The molecule has 0 aliphatic rings. The van der Waals surface area contributed by atoms with Crippen molar-refractivity contribution in [3.63, 3.8) is 0 Å². The van der Waals surface area contributed by atoms with Crippen LogP contribution in [0.25, 0.3) is 5.69 Å². The Hall–Kier alpha value is -4.00. The monoisotopic (exact) mass is 371 g/mol. The number of nitrogens with zero attached hydrogens (tertiary/aromatic N) is 4. The number of rotatable bonds is 5. The molecule has 2 aromatic carbocycles. The summed E-state index contributed by atoms with van der Waals surface area (Å²) in [5.41, 5.74) is 1.99. The number of para-hydroxylation sites is 1. The lowest BCUT2D eigenvalue weighted by Crippen LogP contribution is -2.16. The average molecular weight is 371 g/mol. The van der Waals surface area contributed by atoms with Crippen molar-refractivity contribution in [3.05, 3.63) is 90.8 Å². The van der Waals surface area contributed by atoms with Crippen molar-refractivity contribution >= 4 is 11.6 Å². The van der Waals surface area contributed by atoms with E-state index in [1.165, 1.54) is 0 Å². The molecule has 7 nitrogen and oxygen atoms in total. The predicted molar refractivity (Wildman–Crippen MR) is 105 cm³/mol. The number of carbonyl (C=O) groups is 1. The first-order valence-electron chi connectivity index (χ1n) is 8.67. The van der Waals surface area contributed by atoms with Crippen LogP contribution in [0, 0.1) is 6.92 Å². The minimum atomic E-state index is -0.246. The van der Waals surface area contributed by atoms with Gasteiger partial charge in [-0.3, -0.25) is 9.36 Å². The number of ether oxygens (including phenoxy) is 1. The Morgan fingerprint density at radius 1 is 0.929 bits per heavy atom. The molecule has 1 N–H and O–H groups in total. The van der Waals surface area contributed by atoms with Crippen LogP contribution in [0.2, 0.25) is 0 Å². The summed E-state index contributed by atoms with van der Waals surface area (Å²) in [6.07, 6.45) is 4.78. The summed E-state index contributed by atoms with van der Waals surface area (Å²) in [4.78, 5) is 25.1. The topological polar surface area (TPSA) is 81.9 Å². The minimum absolute atomic E-state index is 0.246. The molecule has 0 saturated carbocycles. The smallest absolute Gasteiger partial charge is 0.321 e. The third-order valence-corrected chi connectivity index (χ3v) is 4.05. The van der Waals surface area contributed by atoms with E-state index in [0.717, 1.165) is 11.5 Å². The number of hydrogen-bond donors (Lipinski definition) is 1.